The third-order valence-electron chi connectivity index (χ3n) is 1.66. The predicted molar refractivity (Wildman–Crippen MR) is 53.5 cm³/mol. The SMILES string of the molecule is CCNS(=O)(=O)NC(CC)CCN. The van der Waals surface area contributed by atoms with Crippen LogP contribution in [0.5, 0.6) is 0 Å². The lowest BCUT2D eigenvalue weighted by Gasteiger charge is -2.15. The molecule has 0 saturated heterocycles. The van der Waals surface area contributed by atoms with Crippen molar-refractivity contribution < 1.29 is 8.42 Å². The molecule has 0 heterocycles. The molecule has 1 unspecified atom stereocenters. The molecule has 0 aromatic carbocycles. The highest BCUT2D eigenvalue weighted by atomic mass is 32.2. The van der Waals surface area contributed by atoms with Gasteiger partial charge in [-0.2, -0.15) is 13.1 Å². The predicted octanol–water partition coefficient (Wildman–Crippen LogP) is -0.442. The summed E-state index contributed by atoms with van der Waals surface area (Å²) in [6.45, 7) is 4.56. The van der Waals surface area contributed by atoms with Gasteiger partial charge in [0.05, 0.1) is 0 Å². The summed E-state index contributed by atoms with van der Waals surface area (Å²) in [6, 6.07) is -0.0611. The van der Waals surface area contributed by atoms with E-state index in [0.717, 1.165) is 6.42 Å². The van der Waals surface area contributed by atoms with Gasteiger partial charge in [0.1, 0.15) is 0 Å². The maximum atomic E-state index is 11.2. The first-order valence-corrected chi connectivity index (χ1v) is 6.01. The summed E-state index contributed by atoms with van der Waals surface area (Å²) in [7, 11) is -3.32. The summed E-state index contributed by atoms with van der Waals surface area (Å²) in [5.41, 5.74) is 5.34. The molecule has 0 spiro atoms. The summed E-state index contributed by atoms with van der Waals surface area (Å²) in [6.07, 6.45) is 1.42. The second-order valence-electron chi connectivity index (χ2n) is 2.80. The van der Waals surface area contributed by atoms with Gasteiger partial charge in [0.15, 0.2) is 0 Å². The first-order chi connectivity index (χ1) is 6.05. The second kappa shape index (κ2) is 6.31. The number of nitrogens with one attached hydrogen (secondary N) is 2. The third-order valence-corrected chi connectivity index (χ3v) is 2.98. The second-order valence-corrected chi connectivity index (χ2v) is 4.33. The first kappa shape index (κ1) is 12.8. The zero-order valence-corrected chi connectivity index (χ0v) is 9.02. The Bertz CT molecular complexity index is 216. The number of rotatable bonds is 7. The van der Waals surface area contributed by atoms with Crippen LogP contribution in [-0.2, 0) is 10.2 Å². The average molecular weight is 209 g/mol. The Kier molecular flexibility index (Phi) is 6.23. The summed E-state index contributed by atoms with van der Waals surface area (Å²) >= 11 is 0. The number of hydrogen-bond acceptors (Lipinski definition) is 3. The van der Waals surface area contributed by atoms with E-state index in [9.17, 15) is 8.42 Å². The normalized spacial score (nSPS) is 14.4. The van der Waals surface area contributed by atoms with E-state index in [1.807, 2.05) is 6.92 Å². The molecular formula is C7H19N3O2S. The Balaban J connectivity index is 4.06. The monoisotopic (exact) mass is 209 g/mol. The van der Waals surface area contributed by atoms with E-state index in [2.05, 4.69) is 9.44 Å². The largest absolute Gasteiger partial charge is 0.330 e. The first-order valence-electron chi connectivity index (χ1n) is 4.52. The number of nitrogens with two attached hydrogens (primary N) is 1. The Morgan fingerprint density at radius 1 is 1.38 bits per heavy atom. The molecule has 0 aliphatic rings. The number of hydrogen-bond donors (Lipinski definition) is 3. The van der Waals surface area contributed by atoms with Crippen molar-refractivity contribution >= 4 is 10.2 Å². The van der Waals surface area contributed by atoms with Crippen LogP contribution in [-0.4, -0.2) is 27.5 Å². The van der Waals surface area contributed by atoms with E-state index in [1.54, 1.807) is 6.92 Å². The Morgan fingerprint density at radius 3 is 2.38 bits per heavy atom. The van der Waals surface area contributed by atoms with E-state index in [1.165, 1.54) is 0 Å². The van der Waals surface area contributed by atoms with Crippen molar-refractivity contribution in [3.05, 3.63) is 0 Å². The van der Waals surface area contributed by atoms with E-state index >= 15 is 0 Å². The molecular weight excluding hydrogens is 190 g/mol. The molecule has 0 aromatic rings. The highest BCUT2D eigenvalue weighted by Gasteiger charge is 2.13. The van der Waals surface area contributed by atoms with Crippen LogP contribution in [0, 0.1) is 0 Å². The van der Waals surface area contributed by atoms with E-state index in [4.69, 9.17) is 5.73 Å². The zero-order chi connectivity index (χ0) is 10.3. The summed E-state index contributed by atoms with van der Waals surface area (Å²) < 4.78 is 27.3. The Hall–Kier alpha value is -0.170. The van der Waals surface area contributed by atoms with Gasteiger partial charge in [-0.15, -0.1) is 0 Å². The van der Waals surface area contributed by atoms with Crippen LogP contribution in [0.15, 0.2) is 0 Å². The maximum Gasteiger partial charge on any atom is 0.277 e. The van der Waals surface area contributed by atoms with Gasteiger partial charge in [-0.3, -0.25) is 0 Å². The van der Waals surface area contributed by atoms with Gasteiger partial charge in [0.2, 0.25) is 0 Å². The maximum absolute atomic E-state index is 11.2. The molecule has 0 rings (SSSR count). The minimum atomic E-state index is -3.32. The average Bonchev–Trinajstić information content (AvgIpc) is 2.03. The molecule has 0 amide bonds. The standard InChI is InChI=1S/C7H19N3O2S/c1-3-7(5-6-8)10-13(11,12)9-4-2/h7,9-10H,3-6,8H2,1-2H3. The lowest BCUT2D eigenvalue weighted by atomic mass is 10.2. The molecule has 0 saturated carbocycles. The molecule has 6 heteroatoms. The van der Waals surface area contributed by atoms with E-state index < -0.39 is 10.2 Å². The summed E-state index contributed by atoms with van der Waals surface area (Å²) in [5, 5.41) is 0. The highest BCUT2D eigenvalue weighted by molar-refractivity contribution is 7.87. The smallest absolute Gasteiger partial charge is 0.277 e. The molecule has 0 aliphatic carbocycles. The van der Waals surface area contributed by atoms with Crippen LogP contribution in [0.25, 0.3) is 0 Å². The fraction of sp³-hybridized carbons (Fsp3) is 1.00. The van der Waals surface area contributed by atoms with Crippen LogP contribution in [0.2, 0.25) is 0 Å². The van der Waals surface area contributed by atoms with Crippen LogP contribution < -0.4 is 15.2 Å². The third kappa shape index (κ3) is 5.98. The molecule has 0 bridgehead atoms. The van der Waals surface area contributed by atoms with E-state index in [-0.39, 0.29) is 6.04 Å². The molecule has 80 valence electrons. The van der Waals surface area contributed by atoms with Crippen molar-refractivity contribution in [3.63, 3.8) is 0 Å². The van der Waals surface area contributed by atoms with Gasteiger partial charge >= 0.3 is 0 Å². The molecule has 1 atom stereocenters. The quantitative estimate of drug-likeness (QED) is 0.531. The lowest BCUT2D eigenvalue weighted by molar-refractivity contribution is 0.513. The van der Waals surface area contributed by atoms with Gasteiger partial charge in [0, 0.05) is 12.6 Å². The van der Waals surface area contributed by atoms with Gasteiger partial charge in [-0.05, 0) is 19.4 Å². The highest BCUT2D eigenvalue weighted by Crippen LogP contribution is 1.97. The Morgan fingerprint density at radius 2 is 2.00 bits per heavy atom. The minimum Gasteiger partial charge on any atom is -0.330 e. The van der Waals surface area contributed by atoms with Crippen molar-refractivity contribution in [2.75, 3.05) is 13.1 Å². The minimum absolute atomic E-state index is 0.0611. The molecule has 0 aromatic heterocycles. The van der Waals surface area contributed by atoms with Crippen LogP contribution in [0.4, 0.5) is 0 Å². The van der Waals surface area contributed by atoms with Crippen LogP contribution >= 0.6 is 0 Å². The molecule has 0 aliphatic heterocycles. The molecule has 4 N–H and O–H groups in total. The van der Waals surface area contributed by atoms with Crippen LogP contribution in [0.1, 0.15) is 26.7 Å². The van der Waals surface area contributed by atoms with Crippen molar-refractivity contribution in [2.24, 2.45) is 5.73 Å². The van der Waals surface area contributed by atoms with Crippen molar-refractivity contribution in [1.82, 2.24) is 9.44 Å². The molecule has 0 fully saturated rings. The molecule has 0 radical (unpaired) electrons. The van der Waals surface area contributed by atoms with Gasteiger partial charge in [0.25, 0.3) is 10.2 Å². The van der Waals surface area contributed by atoms with Gasteiger partial charge in [-0.25, -0.2) is 4.72 Å². The van der Waals surface area contributed by atoms with Crippen molar-refractivity contribution in [2.45, 2.75) is 32.7 Å². The topological polar surface area (TPSA) is 84.2 Å². The molecule has 13 heavy (non-hydrogen) atoms. The van der Waals surface area contributed by atoms with Crippen LogP contribution in [0.3, 0.4) is 0 Å². The Labute approximate surface area is 80.3 Å². The van der Waals surface area contributed by atoms with E-state index in [0.29, 0.717) is 19.5 Å². The molecule has 5 nitrogen and oxygen atoms in total. The van der Waals surface area contributed by atoms with Crippen molar-refractivity contribution in [3.8, 4) is 0 Å². The lowest BCUT2D eigenvalue weighted by Crippen LogP contribution is -2.43. The summed E-state index contributed by atoms with van der Waals surface area (Å²) in [4.78, 5) is 0. The van der Waals surface area contributed by atoms with Gasteiger partial charge < -0.3 is 5.73 Å². The van der Waals surface area contributed by atoms with Gasteiger partial charge in [-0.1, -0.05) is 13.8 Å². The summed E-state index contributed by atoms with van der Waals surface area (Å²) in [5.74, 6) is 0. The van der Waals surface area contributed by atoms with Crippen molar-refractivity contribution in [1.29, 1.82) is 0 Å². The fourth-order valence-corrected chi connectivity index (χ4v) is 2.19. The zero-order valence-electron chi connectivity index (χ0n) is 8.21. The fourth-order valence-electron chi connectivity index (χ4n) is 0.999.